The second-order valence-electron chi connectivity index (χ2n) is 7.15. The van der Waals surface area contributed by atoms with Gasteiger partial charge < -0.3 is 15.0 Å². The highest BCUT2D eigenvalue weighted by atomic mass is 32.2. The summed E-state index contributed by atoms with van der Waals surface area (Å²) in [6.45, 7) is 1.61. The molecule has 1 aromatic heterocycles. The van der Waals surface area contributed by atoms with Crippen LogP contribution in [-0.2, 0) is 4.79 Å². The largest absolute Gasteiger partial charge is 0.484 e. The lowest BCUT2D eigenvalue weighted by Crippen LogP contribution is -2.32. The van der Waals surface area contributed by atoms with Crippen LogP contribution in [0.15, 0.2) is 82.8 Å². The Kier molecular flexibility index (Phi) is 6.84. The van der Waals surface area contributed by atoms with Gasteiger partial charge in [0.2, 0.25) is 0 Å². The monoisotopic (exact) mass is 433 g/mol. The number of nitrogens with zero attached hydrogens (tertiary/aromatic N) is 2. The van der Waals surface area contributed by atoms with Crippen molar-refractivity contribution in [3.8, 4) is 5.75 Å². The highest BCUT2D eigenvalue weighted by molar-refractivity contribution is 7.99. The number of carbonyl (C=O) groups excluding carboxylic acids is 2. The van der Waals surface area contributed by atoms with E-state index in [1.807, 2.05) is 35.2 Å². The predicted octanol–water partition coefficient (Wildman–Crippen LogP) is 4.49. The maximum Gasteiger partial charge on any atom is 0.260 e. The molecule has 0 saturated carbocycles. The summed E-state index contributed by atoms with van der Waals surface area (Å²) in [6.07, 6.45) is 3.86. The molecule has 0 radical (unpaired) electrons. The van der Waals surface area contributed by atoms with Gasteiger partial charge in [-0.3, -0.25) is 9.59 Å². The molecule has 0 aliphatic carbocycles. The Morgan fingerprint density at radius 3 is 2.55 bits per heavy atom. The molecular weight excluding hydrogens is 410 g/mol. The lowest BCUT2D eigenvalue weighted by molar-refractivity contribution is -0.132. The molecule has 1 aliphatic heterocycles. The predicted molar refractivity (Wildman–Crippen MR) is 121 cm³/mol. The molecule has 1 N–H and O–H groups in total. The van der Waals surface area contributed by atoms with Crippen LogP contribution in [0.5, 0.6) is 5.75 Å². The van der Waals surface area contributed by atoms with Gasteiger partial charge >= 0.3 is 0 Å². The number of amides is 2. The molecule has 2 heterocycles. The van der Waals surface area contributed by atoms with Crippen LogP contribution < -0.4 is 10.1 Å². The first-order valence-electron chi connectivity index (χ1n) is 10.2. The summed E-state index contributed by atoms with van der Waals surface area (Å²) in [6, 6.07) is 20.2. The zero-order valence-corrected chi connectivity index (χ0v) is 17.8. The molecule has 1 saturated heterocycles. The van der Waals surface area contributed by atoms with Gasteiger partial charge in [0.1, 0.15) is 10.8 Å². The number of carbonyl (C=O) groups is 2. The minimum atomic E-state index is -0.209. The minimum absolute atomic E-state index is 0.00407. The fraction of sp³-hybridized carbons (Fsp3) is 0.208. The van der Waals surface area contributed by atoms with Gasteiger partial charge in [-0.05, 0) is 61.4 Å². The van der Waals surface area contributed by atoms with E-state index in [0.29, 0.717) is 17.0 Å². The van der Waals surface area contributed by atoms with Gasteiger partial charge in [0.15, 0.2) is 6.61 Å². The van der Waals surface area contributed by atoms with Crippen molar-refractivity contribution in [2.24, 2.45) is 0 Å². The molecule has 3 aromatic rings. The van der Waals surface area contributed by atoms with E-state index in [0.717, 1.165) is 35.9 Å². The number of anilines is 1. The van der Waals surface area contributed by atoms with E-state index < -0.39 is 0 Å². The third-order valence-corrected chi connectivity index (χ3v) is 5.85. The summed E-state index contributed by atoms with van der Waals surface area (Å²) >= 11 is 1.54. The highest BCUT2D eigenvalue weighted by Gasteiger charge is 2.18. The van der Waals surface area contributed by atoms with E-state index in [9.17, 15) is 9.59 Å². The molecule has 31 heavy (non-hydrogen) atoms. The highest BCUT2D eigenvalue weighted by Crippen LogP contribution is 2.26. The average molecular weight is 434 g/mol. The molecule has 0 spiro atoms. The topological polar surface area (TPSA) is 71.5 Å². The Bertz CT molecular complexity index is 1040. The number of aromatic nitrogens is 1. The number of benzene rings is 2. The molecule has 7 heteroatoms. The summed E-state index contributed by atoms with van der Waals surface area (Å²) in [4.78, 5) is 31.9. The molecule has 1 fully saturated rings. The Balaban J connectivity index is 1.32. The Morgan fingerprint density at radius 2 is 1.81 bits per heavy atom. The Hall–Kier alpha value is -3.32. The number of rotatable bonds is 7. The number of nitrogens with one attached hydrogen (secondary N) is 1. The van der Waals surface area contributed by atoms with Gasteiger partial charge in [-0.25, -0.2) is 4.98 Å². The van der Waals surface area contributed by atoms with E-state index in [1.54, 1.807) is 54.4 Å². The number of likely N-dealkylation sites (tertiary alicyclic amines) is 1. The number of hydrogen-bond acceptors (Lipinski definition) is 5. The van der Waals surface area contributed by atoms with Gasteiger partial charge in [0.05, 0.1) is 0 Å². The van der Waals surface area contributed by atoms with Crippen molar-refractivity contribution in [1.29, 1.82) is 0 Å². The Morgan fingerprint density at radius 1 is 1.00 bits per heavy atom. The van der Waals surface area contributed by atoms with Crippen LogP contribution in [0.1, 0.15) is 23.2 Å². The molecule has 0 unspecified atom stereocenters. The normalized spacial score (nSPS) is 13.1. The smallest absolute Gasteiger partial charge is 0.260 e. The van der Waals surface area contributed by atoms with Crippen LogP contribution in [-0.4, -0.2) is 41.4 Å². The van der Waals surface area contributed by atoms with Crippen LogP contribution in [0.3, 0.4) is 0 Å². The molecule has 0 bridgehead atoms. The van der Waals surface area contributed by atoms with E-state index in [4.69, 9.17) is 4.74 Å². The second kappa shape index (κ2) is 10.1. The molecule has 2 aromatic carbocycles. The summed E-state index contributed by atoms with van der Waals surface area (Å²) in [5.74, 6) is 0.336. The summed E-state index contributed by atoms with van der Waals surface area (Å²) in [5.41, 5.74) is 1.17. The van der Waals surface area contributed by atoms with E-state index >= 15 is 0 Å². The number of ether oxygens (including phenoxy) is 1. The lowest BCUT2D eigenvalue weighted by atomic mass is 10.2. The van der Waals surface area contributed by atoms with Crippen LogP contribution in [0, 0.1) is 0 Å². The van der Waals surface area contributed by atoms with E-state index in [-0.39, 0.29) is 18.4 Å². The summed E-state index contributed by atoms with van der Waals surface area (Å²) in [5, 5.41) is 3.78. The SMILES string of the molecule is O=C(Nc1cccc(OCC(=O)N2CCCC2)c1)c1ccc(Sc2ccccn2)cc1. The zero-order valence-electron chi connectivity index (χ0n) is 17.0. The van der Waals surface area contributed by atoms with Crippen LogP contribution >= 0.6 is 11.8 Å². The molecule has 4 rings (SSSR count). The number of pyridine rings is 1. The van der Waals surface area contributed by atoms with Crippen LogP contribution in [0.25, 0.3) is 0 Å². The number of hydrogen-bond donors (Lipinski definition) is 1. The van der Waals surface area contributed by atoms with Gasteiger partial charge in [0.25, 0.3) is 11.8 Å². The maximum atomic E-state index is 12.6. The standard InChI is InChI=1S/C24H23N3O3S/c28-23(27-14-3-4-15-27)17-30-20-7-5-6-19(16-20)26-24(29)18-9-11-21(12-10-18)31-22-8-1-2-13-25-22/h1-2,5-13,16H,3-4,14-15,17H2,(H,26,29). The average Bonchev–Trinajstić information content (AvgIpc) is 3.34. The van der Waals surface area contributed by atoms with Gasteiger partial charge in [-0.15, -0.1) is 0 Å². The van der Waals surface area contributed by atoms with Gasteiger partial charge in [-0.1, -0.05) is 23.9 Å². The van der Waals surface area contributed by atoms with Crippen LogP contribution in [0.4, 0.5) is 5.69 Å². The first-order valence-corrected chi connectivity index (χ1v) is 11.0. The zero-order chi connectivity index (χ0) is 21.5. The van der Waals surface area contributed by atoms with Crippen molar-refractivity contribution in [2.45, 2.75) is 22.8 Å². The Labute approximate surface area is 185 Å². The lowest BCUT2D eigenvalue weighted by Gasteiger charge is -2.15. The van der Waals surface area contributed by atoms with Crippen molar-refractivity contribution in [3.05, 3.63) is 78.5 Å². The van der Waals surface area contributed by atoms with Gasteiger partial charge in [-0.2, -0.15) is 0 Å². The molecule has 6 nitrogen and oxygen atoms in total. The van der Waals surface area contributed by atoms with Crippen molar-refractivity contribution < 1.29 is 14.3 Å². The quantitative estimate of drug-likeness (QED) is 0.595. The molecule has 158 valence electrons. The van der Waals surface area contributed by atoms with Crippen molar-refractivity contribution in [1.82, 2.24) is 9.88 Å². The van der Waals surface area contributed by atoms with E-state index in [2.05, 4.69) is 10.3 Å². The summed E-state index contributed by atoms with van der Waals surface area (Å²) in [7, 11) is 0. The third-order valence-electron chi connectivity index (χ3n) is 4.89. The second-order valence-corrected chi connectivity index (χ2v) is 8.25. The van der Waals surface area contributed by atoms with E-state index in [1.165, 1.54) is 0 Å². The van der Waals surface area contributed by atoms with Crippen molar-refractivity contribution >= 4 is 29.3 Å². The first-order chi connectivity index (χ1) is 15.2. The van der Waals surface area contributed by atoms with Gasteiger partial charge in [0, 0.05) is 41.5 Å². The molecular formula is C24H23N3O3S. The van der Waals surface area contributed by atoms with Crippen LogP contribution in [0.2, 0.25) is 0 Å². The minimum Gasteiger partial charge on any atom is -0.484 e. The fourth-order valence-electron chi connectivity index (χ4n) is 3.27. The molecule has 1 aliphatic rings. The molecule has 2 amide bonds. The first kappa shape index (κ1) is 20.9. The van der Waals surface area contributed by atoms with Crippen molar-refractivity contribution in [2.75, 3.05) is 25.0 Å². The molecule has 0 atom stereocenters. The maximum absolute atomic E-state index is 12.6. The fourth-order valence-corrected chi connectivity index (χ4v) is 4.05. The summed E-state index contributed by atoms with van der Waals surface area (Å²) < 4.78 is 5.63. The van der Waals surface area contributed by atoms with Crippen molar-refractivity contribution in [3.63, 3.8) is 0 Å². The third kappa shape index (κ3) is 5.86.